The number of furan rings is 1. The largest absolute Gasteiger partial charge is 0.457 e. The fourth-order valence-electron chi connectivity index (χ4n) is 2.85. The number of ketones is 1. The zero-order chi connectivity index (χ0) is 19.0. The molecule has 5 nitrogen and oxygen atoms in total. The third-order valence-electron chi connectivity index (χ3n) is 4.18. The van der Waals surface area contributed by atoms with Gasteiger partial charge < -0.3 is 4.42 Å². The SMILES string of the molecule is O=C1/C(=C/c2ccc(-c3ccc([N+](=O)[O-])cc3Cl)o2)CSc2ccccc21. The van der Waals surface area contributed by atoms with Gasteiger partial charge in [0.05, 0.1) is 9.95 Å². The van der Waals surface area contributed by atoms with E-state index in [-0.39, 0.29) is 16.5 Å². The van der Waals surface area contributed by atoms with Gasteiger partial charge in [-0.2, -0.15) is 0 Å². The zero-order valence-electron chi connectivity index (χ0n) is 13.8. The molecular formula is C20H12ClNO4S. The number of carbonyl (C=O) groups is 1. The quantitative estimate of drug-likeness (QED) is 0.313. The van der Waals surface area contributed by atoms with Crippen LogP contribution in [-0.4, -0.2) is 16.5 Å². The van der Waals surface area contributed by atoms with Crippen LogP contribution in [0.25, 0.3) is 17.4 Å². The summed E-state index contributed by atoms with van der Waals surface area (Å²) in [7, 11) is 0. The molecule has 1 aliphatic rings. The summed E-state index contributed by atoms with van der Waals surface area (Å²) in [6, 6.07) is 15.2. The average molecular weight is 398 g/mol. The number of Topliss-reactive ketones (excluding diaryl/α,β-unsaturated/α-hetero) is 1. The number of carbonyl (C=O) groups excluding carboxylic acids is 1. The fraction of sp³-hybridized carbons (Fsp3) is 0.0500. The number of nitro benzene ring substituents is 1. The van der Waals surface area contributed by atoms with Gasteiger partial charge in [0.2, 0.25) is 0 Å². The molecular weight excluding hydrogens is 386 g/mol. The number of hydrogen-bond acceptors (Lipinski definition) is 5. The lowest BCUT2D eigenvalue weighted by Crippen LogP contribution is -2.11. The lowest BCUT2D eigenvalue weighted by atomic mass is 10.0. The molecule has 0 N–H and O–H groups in total. The molecule has 0 unspecified atom stereocenters. The van der Waals surface area contributed by atoms with Gasteiger partial charge in [-0.05, 0) is 36.4 Å². The van der Waals surface area contributed by atoms with Crippen molar-refractivity contribution in [3.63, 3.8) is 0 Å². The van der Waals surface area contributed by atoms with Gasteiger partial charge in [0.25, 0.3) is 5.69 Å². The highest BCUT2D eigenvalue weighted by Crippen LogP contribution is 2.35. The number of halogens is 1. The molecule has 1 aromatic heterocycles. The number of rotatable bonds is 3. The molecule has 0 bridgehead atoms. The van der Waals surface area contributed by atoms with Gasteiger partial charge in [-0.15, -0.1) is 11.8 Å². The van der Waals surface area contributed by atoms with Crippen molar-refractivity contribution in [1.82, 2.24) is 0 Å². The Morgan fingerprint density at radius 1 is 1.11 bits per heavy atom. The Bertz CT molecular complexity index is 1100. The summed E-state index contributed by atoms with van der Waals surface area (Å²) in [6.45, 7) is 0. The molecule has 0 saturated heterocycles. The van der Waals surface area contributed by atoms with Crippen LogP contribution in [-0.2, 0) is 0 Å². The van der Waals surface area contributed by atoms with E-state index in [0.717, 1.165) is 4.90 Å². The molecule has 4 rings (SSSR count). The molecule has 2 aromatic carbocycles. The van der Waals surface area contributed by atoms with E-state index in [1.807, 2.05) is 24.3 Å². The summed E-state index contributed by atoms with van der Waals surface area (Å²) in [5.74, 6) is 1.58. The van der Waals surface area contributed by atoms with Crippen LogP contribution in [0.4, 0.5) is 5.69 Å². The molecule has 0 saturated carbocycles. The van der Waals surface area contributed by atoms with Crippen molar-refractivity contribution in [2.75, 3.05) is 5.75 Å². The number of non-ortho nitro benzene ring substituents is 1. The zero-order valence-corrected chi connectivity index (χ0v) is 15.4. The normalized spacial score (nSPS) is 15.0. The molecule has 27 heavy (non-hydrogen) atoms. The summed E-state index contributed by atoms with van der Waals surface area (Å²) >= 11 is 7.77. The van der Waals surface area contributed by atoms with Gasteiger partial charge in [0.1, 0.15) is 11.5 Å². The van der Waals surface area contributed by atoms with Crippen molar-refractivity contribution in [1.29, 1.82) is 0 Å². The highest BCUT2D eigenvalue weighted by Gasteiger charge is 2.22. The molecule has 0 radical (unpaired) electrons. The molecule has 0 aliphatic carbocycles. The number of fused-ring (bicyclic) bond motifs is 1. The van der Waals surface area contributed by atoms with Gasteiger partial charge in [-0.1, -0.05) is 23.7 Å². The first-order chi connectivity index (χ1) is 13.0. The van der Waals surface area contributed by atoms with E-state index < -0.39 is 4.92 Å². The Hall–Kier alpha value is -2.83. The van der Waals surface area contributed by atoms with Gasteiger partial charge in [0.15, 0.2) is 5.78 Å². The van der Waals surface area contributed by atoms with Crippen molar-refractivity contribution in [3.8, 4) is 11.3 Å². The summed E-state index contributed by atoms with van der Waals surface area (Å²) in [5.41, 5.74) is 1.84. The number of hydrogen-bond donors (Lipinski definition) is 0. The van der Waals surface area contributed by atoms with Crippen molar-refractivity contribution in [2.24, 2.45) is 0 Å². The minimum absolute atomic E-state index is 0.00401. The number of nitro groups is 1. The van der Waals surface area contributed by atoms with Gasteiger partial charge in [-0.25, -0.2) is 0 Å². The van der Waals surface area contributed by atoms with E-state index in [2.05, 4.69) is 0 Å². The summed E-state index contributed by atoms with van der Waals surface area (Å²) in [4.78, 5) is 24.0. The smallest absolute Gasteiger partial charge is 0.270 e. The van der Waals surface area contributed by atoms with E-state index >= 15 is 0 Å². The van der Waals surface area contributed by atoms with Gasteiger partial charge in [0, 0.05) is 39.5 Å². The van der Waals surface area contributed by atoms with E-state index in [9.17, 15) is 14.9 Å². The standard InChI is InChI=1S/C20H12ClNO4S/c21-17-10-13(22(24)25)5-7-15(17)18-8-6-14(26-18)9-12-11-27-19-4-2-1-3-16(19)20(12)23/h1-10H,11H2/b12-9+. The van der Waals surface area contributed by atoms with Crippen molar-refractivity contribution in [3.05, 3.63) is 86.6 Å². The molecule has 0 amide bonds. The second-order valence-corrected chi connectivity index (χ2v) is 7.33. The maximum absolute atomic E-state index is 12.6. The first-order valence-corrected chi connectivity index (χ1v) is 9.40. The lowest BCUT2D eigenvalue weighted by Gasteiger charge is -2.16. The minimum atomic E-state index is -0.502. The maximum Gasteiger partial charge on any atom is 0.270 e. The first kappa shape index (κ1) is 17.6. The lowest BCUT2D eigenvalue weighted by molar-refractivity contribution is -0.384. The monoisotopic (exact) mass is 397 g/mol. The predicted octanol–water partition coefficient (Wildman–Crippen LogP) is 5.88. The molecule has 0 spiro atoms. The second-order valence-electron chi connectivity index (χ2n) is 5.91. The average Bonchev–Trinajstić information content (AvgIpc) is 3.12. The molecule has 0 atom stereocenters. The van der Waals surface area contributed by atoms with Crippen LogP contribution in [0, 0.1) is 10.1 Å². The van der Waals surface area contributed by atoms with E-state index in [0.29, 0.717) is 34.0 Å². The van der Waals surface area contributed by atoms with Gasteiger partial charge in [-0.3, -0.25) is 14.9 Å². The van der Waals surface area contributed by atoms with Crippen LogP contribution in [0.1, 0.15) is 16.1 Å². The maximum atomic E-state index is 12.6. The van der Waals surface area contributed by atoms with E-state index in [4.69, 9.17) is 16.0 Å². The Morgan fingerprint density at radius 2 is 1.93 bits per heavy atom. The van der Waals surface area contributed by atoms with Crippen LogP contribution >= 0.6 is 23.4 Å². The molecule has 7 heteroatoms. The fourth-order valence-corrected chi connectivity index (χ4v) is 4.13. The van der Waals surface area contributed by atoms with Crippen LogP contribution in [0.3, 0.4) is 0 Å². The predicted molar refractivity (Wildman–Crippen MR) is 105 cm³/mol. The Labute approximate surface area is 163 Å². The number of nitrogens with zero attached hydrogens (tertiary/aromatic N) is 1. The Balaban J connectivity index is 1.63. The third-order valence-corrected chi connectivity index (χ3v) is 5.61. The van der Waals surface area contributed by atoms with E-state index in [1.54, 1.807) is 36.0 Å². The van der Waals surface area contributed by atoms with Crippen molar-refractivity contribution in [2.45, 2.75) is 4.90 Å². The molecule has 2 heterocycles. The Morgan fingerprint density at radius 3 is 2.70 bits per heavy atom. The van der Waals surface area contributed by atoms with Gasteiger partial charge >= 0.3 is 0 Å². The van der Waals surface area contributed by atoms with Crippen LogP contribution < -0.4 is 0 Å². The van der Waals surface area contributed by atoms with Crippen LogP contribution in [0.5, 0.6) is 0 Å². The second kappa shape index (κ2) is 7.06. The van der Waals surface area contributed by atoms with E-state index in [1.165, 1.54) is 12.1 Å². The van der Waals surface area contributed by atoms with Crippen LogP contribution in [0.2, 0.25) is 5.02 Å². The van der Waals surface area contributed by atoms with Crippen molar-refractivity contribution >= 4 is 40.9 Å². The topological polar surface area (TPSA) is 73.3 Å². The van der Waals surface area contributed by atoms with Crippen LogP contribution in [0.15, 0.2) is 69.5 Å². The summed E-state index contributed by atoms with van der Waals surface area (Å²) in [6.07, 6.45) is 1.73. The summed E-state index contributed by atoms with van der Waals surface area (Å²) < 4.78 is 5.80. The highest BCUT2D eigenvalue weighted by atomic mass is 35.5. The molecule has 3 aromatic rings. The molecule has 0 fully saturated rings. The summed E-state index contributed by atoms with van der Waals surface area (Å²) in [5, 5.41) is 11.1. The molecule has 134 valence electrons. The minimum Gasteiger partial charge on any atom is -0.457 e. The third kappa shape index (κ3) is 3.41. The molecule has 1 aliphatic heterocycles. The highest BCUT2D eigenvalue weighted by molar-refractivity contribution is 7.99. The van der Waals surface area contributed by atoms with Crippen molar-refractivity contribution < 1.29 is 14.1 Å². The Kier molecular flexibility index (Phi) is 4.59. The number of thioether (sulfide) groups is 1. The number of benzene rings is 2. The first-order valence-electron chi connectivity index (χ1n) is 8.04.